The summed E-state index contributed by atoms with van der Waals surface area (Å²) < 4.78 is 13.0. The van der Waals surface area contributed by atoms with Gasteiger partial charge in [-0.3, -0.25) is 4.79 Å². The van der Waals surface area contributed by atoms with Gasteiger partial charge in [0.05, 0.1) is 13.1 Å². The van der Waals surface area contributed by atoms with E-state index in [0.29, 0.717) is 19.6 Å². The molecule has 1 N–H and O–H groups in total. The van der Waals surface area contributed by atoms with Crippen molar-refractivity contribution in [3.8, 4) is 12.3 Å². The lowest BCUT2D eigenvalue weighted by Gasteiger charge is -2.23. The van der Waals surface area contributed by atoms with E-state index in [4.69, 9.17) is 6.42 Å². The molecule has 0 saturated heterocycles. The molecule has 0 atom stereocenters. The van der Waals surface area contributed by atoms with Crippen LogP contribution in [-0.2, 0) is 11.3 Å². The van der Waals surface area contributed by atoms with Crippen LogP contribution in [0.25, 0.3) is 0 Å². The largest absolute Gasteiger partial charge is 0.356 e. The molecular formula is C20H22FN3O. The fourth-order valence-corrected chi connectivity index (χ4v) is 2.40. The molecule has 0 aliphatic heterocycles. The van der Waals surface area contributed by atoms with Gasteiger partial charge in [0.2, 0.25) is 5.91 Å². The highest BCUT2D eigenvalue weighted by Gasteiger charge is 2.08. The maximum atomic E-state index is 13.0. The molecule has 0 spiro atoms. The molecule has 0 unspecified atom stereocenters. The number of hydrogen-bond donors (Lipinski definition) is 1. The maximum Gasteiger partial charge on any atom is 0.238 e. The Labute approximate surface area is 148 Å². The highest BCUT2D eigenvalue weighted by atomic mass is 19.1. The first kappa shape index (κ1) is 18.5. The number of rotatable bonds is 7. The van der Waals surface area contributed by atoms with Gasteiger partial charge in [0.1, 0.15) is 5.82 Å². The summed E-state index contributed by atoms with van der Waals surface area (Å²) in [6, 6.07) is 13.9. The van der Waals surface area contributed by atoms with Crippen molar-refractivity contribution < 1.29 is 9.18 Å². The van der Waals surface area contributed by atoms with E-state index in [1.807, 2.05) is 43.3 Å². The number of anilines is 2. The van der Waals surface area contributed by atoms with E-state index in [9.17, 15) is 9.18 Å². The first-order valence-corrected chi connectivity index (χ1v) is 7.95. The molecule has 0 heterocycles. The van der Waals surface area contributed by atoms with Crippen molar-refractivity contribution in [3.05, 3.63) is 59.9 Å². The highest BCUT2D eigenvalue weighted by Crippen LogP contribution is 2.20. The number of terminal acetylenes is 1. The number of likely N-dealkylation sites (N-methyl/N-ethyl adjacent to an activating group) is 1. The zero-order valence-electron chi connectivity index (χ0n) is 14.5. The average molecular weight is 339 g/mol. The minimum Gasteiger partial charge on any atom is -0.356 e. The van der Waals surface area contributed by atoms with Crippen LogP contribution >= 0.6 is 0 Å². The summed E-state index contributed by atoms with van der Waals surface area (Å²) in [6.45, 7) is 1.34. The normalized spacial score (nSPS) is 10.4. The number of carbonyl (C=O) groups excluding carboxylic acids is 1. The second-order valence-electron chi connectivity index (χ2n) is 6.02. The fraction of sp³-hybridized carbons (Fsp3) is 0.250. The van der Waals surface area contributed by atoms with Gasteiger partial charge < -0.3 is 15.1 Å². The van der Waals surface area contributed by atoms with Crippen molar-refractivity contribution in [3.63, 3.8) is 0 Å². The first-order chi connectivity index (χ1) is 12.0. The number of nitrogens with one attached hydrogen (secondary N) is 1. The molecule has 0 radical (unpaired) electrons. The Kier molecular flexibility index (Phi) is 6.55. The van der Waals surface area contributed by atoms with Crippen LogP contribution in [0.5, 0.6) is 0 Å². The van der Waals surface area contributed by atoms with Gasteiger partial charge in [-0.2, -0.15) is 0 Å². The standard InChI is InChI=1S/C20H22FN3O/c1-4-13-24(14-16-5-7-17(21)8-6-16)19-11-9-18(10-12-19)22-20(25)15-23(2)3/h1,5-12H,13-15H2,2-3H3,(H,22,25). The number of nitrogens with zero attached hydrogens (tertiary/aromatic N) is 2. The smallest absolute Gasteiger partial charge is 0.238 e. The van der Waals surface area contributed by atoms with Crippen LogP contribution in [0, 0.1) is 18.2 Å². The van der Waals surface area contributed by atoms with Crippen LogP contribution in [0.1, 0.15) is 5.56 Å². The second kappa shape index (κ2) is 8.86. The molecule has 0 aromatic heterocycles. The maximum absolute atomic E-state index is 13.0. The lowest BCUT2D eigenvalue weighted by molar-refractivity contribution is -0.116. The van der Waals surface area contributed by atoms with Crippen molar-refractivity contribution in [2.45, 2.75) is 6.54 Å². The van der Waals surface area contributed by atoms with E-state index in [-0.39, 0.29) is 11.7 Å². The topological polar surface area (TPSA) is 35.6 Å². The summed E-state index contributed by atoms with van der Waals surface area (Å²) in [5.41, 5.74) is 2.64. The van der Waals surface area contributed by atoms with Crippen LogP contribution in [-0.4, -0.2) is 38.0 Å². The zero-order chi connectivity index (χ0) is 18.2. The van der Waals surface area contributed by atoms with Crippen molar-refractivity contribution in [2.24, 2.45) is 0 Å². The molecule has 2 rings (SSSR count). The van der Waals surface area contributed by atoms with Crippen LogP contribution in [0.15, 0.2) is 48.5 Å². The summed E-state index contributed by atoms with van der Waals surface area (Å²) in [5, 5.41) is 2.85. The summed E-state index contributed by atoms with van der Waals surface area (Å²) >= 11 is 0. The Morgan fingerprint density at radius 2 is 1.76 bits per heavy atom. The Bertz CT molecular complexity index is 733. The highest BCUT2D eigenvalue weighted by molar-refractivity contribution is 5.92. The Morgan fingerprint density at radius 1 is 1.12 bits per heavy atom. The Balaban J connectivity index is 2.07. The van der Waals surface area contributed by atoms with Gasteiger partial charge in [0.25, 0.3) is 0 Å². The molecule has 2 aromatic rings. The molecule has 0 aliphatic rings. The van der Waals surface area contributed by atoms with E-state index >= 15 is 0 Å². The third-order valence-corrected chi connectivity index (χ3v) is 3.54. The third kappa shape index (κ3) is 5.94. The fourth-order valence-electron chi connectivity index (χ4n) is 2.40. The van der Waals surface area contributed by atoms with Gasteiger partial charge >= 0.3 is 0 Å². The van der Waals surface area contributed by atoms with E-state index < -0.39 is 0 Å². The van der Waals surface area contributed by atoms with Gasteiger partial charge in [0.15, 0.2) is 0 Å². The minimum absolute atomic E-state index is 0.0652. The number of amides is 1. The van der Waals surface area contributed by atoms with Crippen LogP contribution in [0.2, 0.25) is 0 Å². The van der Waals surface area contributed by atoms with Crippen molar-refractivity contribution in [1.82, 2.24) is 4.90 Å². The molecule has 0 fully saturated rings. The summed E-state index contributed by atoms with van der Waals surface area (Å²) in [7, 11) is 3.69. The minimum atomic E-state index is -0.259. The molecule has 2 aromatic carbocycles. The zero-order valence-corrected chi connectivity index (χ0v) is 14.5. The summed E-state index contributed by atoms with van der Waals surface area (Å²) in [4.78, 5) is 15.6. The average Bonchev–Trinajstić information content (AvgIpc) is 2.56. The Hall–Kier alpha value is -2.84. The Morgan fingerprint density at radius 3 is 2.32 bits per heavy atom. The van der Waals surface area contributed by atoms with E-state index in [2.05, 4.69) is 11.2 Å². The molecule has 0 aliphatic carbocycles. The molecule has 25 heavy (non-hydrogen) atoms. The molecular weight excluding hydrogens is 317 g/mol. The van der Waals surface area contributed by atoms with E-state index in [1.54, 1.807) is 17.0 Å². The van der Waals surface area contributed by atoms with Crippen LogP contribution in [0.3, 0.4) is 0 Å². The second-order valence-corrected chi connectivity index (χ2v) is 6.02. The van der Waals surface area contributed by atoms with Crippen molar-refractivity contribution in [1.29, 1.82) is 0 Å². The number of benzene rings is 2. The lowest BCUT2D eigenvalue weighted by atomic mass is 10.2. The number of halogens is 1. The van der Waals surface area contributed by atoms with Crippen molar-refractivity contribution >= 4 is 17.3 Å². The molecule has 4 nitrogen and oxygen atoms in total. The molecule has 5 heteroatoms. The lowest BCUT2D eigenvalue weighted by Crippen LogP contribution is -2.27. The quantitative estimate of drug-likeness (QED) is 0.788. The van der Waals surface area contributed by atoms with Crippen LogP contribution < -0.4 is 10.2 Å². The van der Waals surface area contributed by atoms with Gasteiger partial charge in [-0.25, -0.2) is 4.39 Å². The molecule has 0 saturated carbocycles. The molecule has 1 amide bonds. The van der Waals surface area contributed by atoms with Gasteiger partial charge in [-0.1, -0.05) is 18.1 Å². The predicted molar refractivity (Wildman–Crippen MR) is 99.9 cm³/mol. The van der Waals surface area contributed by atoms with E-state index in [1.165, 1.54) is 12.1 Å². The molecule has 130 valence electrons. The summed E-state index contributed by atoms with van der Waals surface area (Å²) in [6.07, 6.45) is 5.47. The van der Waals surface area contributed by atoms with Gasteiger partial charge in [-0.15, -0.1) is 6.42 Å². The van der Waals surface area contributed by atoms with E-state index in [0.717, 1.165) is 16.9 Å². The third-order valence-electron chi connectivity index (χ3n) is 3.54. The number of carbonyl (C=O) groups is 1. The van der Waals surface area contributed by atoms with Gasteiger partial charge in [0, 0.05) is 17.9 Å². The van der Waals surface area contributed by atoms with Gasteiger partial charge in [-0.05, 0) is 56.1 Å². The van der Waals surface area contributed by atoms with Crippen LogP contribution in [0.4, 0.5) is 15.8 Å². The SMILES string of the molecule is C#CCN(Cc1ccc(F)cc1)c1ccc(NC(=O)CN(C)C)cc1. The first-order valence-electron chi connectivity index (χ1n) is 7.95. The predicted octanol–water partition coefficient (Wildman–Crippen LogP) is 2.97. The monoisotopic (exact) mass is 339 g/mol. The number of hydrogen-bond acceptors (Lipinski definition) is 3. The summed E-state index contributed by atoms with van der Waals surface area (Å²) in [5.74, 6) is 2.32. The molecule has 0 bridgehead atoms. The van der Waals surface area contributed by atoms with Crippen molar-refractivity contribution in [2.75, 3.05) is 37.4 Å².